The zero-order chi connectivity index (χ0) is 23.4. The molecule has 4 N–H and O–H groups in total. The Balaban J connectivity index is 2.18. The van der Waals surface area contributed by atoms with Crippen LogP contribution in [-0.4, -0.2) is 36.0 Å². The van der Waals surface area contributed by atoms with E-state index in [0.717, 1.165) is 31.3 Å². The topological polar surface area (TPSA) is 159 Å². The van der Waals surface area contributed by atoms with Crippen LogP contribution in [0.1, 0.15) is 12.5 Å². The van der Waals surface area contributed by atoms with Crippen LogP contribution in [-0.2, 0) is 32.2 Å². The summed E-state index contributed by atoms with van der Waals surface area (Å²) >= 11 is 0. The van der Waals surface area contributed by atoms with E-state index < -0.39 is 61.1 Å². The van der Waals surface area contributed by atoms with Gasteiger partial charge >= 0.3 is 11.9 Å². The molecule has 1 aromatic carbocycles. The number of anilines is 2. The number of carbonyl (C=O) groups excluding carboxylic acids is 2. The van der Waals surface area contributed by atoms with Crippen LogP contribution in [0.5, 0.6) is 0 Å². The van der Waals surface area contributed by atoms with Crippen LogP contribution in [0.4, 0.5) is 24.7 Å². The summed E-state index contributed by atoms with van der Waals surface area (Å²) in [6.45, 7) is 1.19. The third-order valence-electron chi connectivity index (χ3n) is 4.47. The molecule has 11 nitrogen and oxygen atoms in total. The van der Waals surface area contributed by atoms with Crippen molar-refractivity contribution >= 4 is 33.3 Å². The Morgan fingerprint density at radius 1 is 1.13 bits per heavy atom. The van der Waals surface area contributed by atoms with Gasteiger partial charge in [-0.15, -0.1) is 0 Å². The van der Waals surface area contributed by atoms with Gasteiger partial charge in [0, 0.05) is 19.7 Å². The molecule has 0 radical (unpaired) electrons. The van der Waals surface area contributed by atoms with Gasteiger partial charge in [-0.05, 0) is 24.3 Å². The number of rotatable bonds is 4. The van der Waals surface area contributed by atoms with Crippen molar-refractivity contribution in [3.63, 3.8) is 0 Å². The number of hydrogen-bond acceptors (Lipinski definition) is 6. The second kappa shape index (κ2) is 7.05. The molecule has 15 heteroatoms. The van der Waals surface area contributed by atoms with Gasteiger partial charge in [0.2, 0.25) is 21.5 Å². The van der Waals surface area contributed by atoms with Crippen LogP contribution < -0.4 is 26.6 Å². The lowest BCUT2D eigenvalue weighted by Crippen LogP contribution is -2.61. The highest BCUT2D eigenvalue weighted by Crippen LogP contribution is 2.45. The monoisotopic (exact) mass is 461 g/mol. The summed E-state index contributed by atoms with van der Waals surface area (Å²) in [7, 11) is -4.04. The van der Waals surface area contributed by atoms with E-state index in [-0.39, 0.29) is 5.69 Å². The smallest absolute Gasteiger partial charge is 0.326 e. The number of aromatic nitrogens is 2. The lowest BCUT2D eigenvalue weighted by atomic mass is 9.94. The highest BCUT2D eigenvalue weighted by Gasteiger charge is 2.69. The fraction of sp³-hybridized carbons (Fsp3) is 0.250. The molecule has 1 aromatic heterocycles. The molecule has 1 aliphatic heterocycles. The molecule has 31 heavy (non-hydrogen) atoms. The maximum Gasteiger partial charge on any atom is 0.421 e. The van der Waals surface area contributed by atoms with Gasteiger partial charge in [-0.25, -0.2) is 13.2 Å². The first-order valence-corrected chi connectivity index (χ1v) is 9.82. The Labute approximate surface area is 171 Å². The van der Waals surface area contributed by atoms with Crippen LogP contribution in [0.15, 0.2) is 38.8 Å². The Morgan fingerprint density at radius 2 is 1.71 bits per heavy atom. The van der Waals surface area contributed by atoms with Crippen molar-refractivity contribution in [2.24, 2.45) is 7.05 Å². The molecule has 0 aliphatic carbocycles. The van der Waals surface area contributed by atoms with Gasteiger partial charge in [0.05, 0.1) is 10.5 Å². The molecule has 166 valence electrons. The summed E-state index contributed by atoms with van der Waals surface area (Å²) in [6, 6.07) is 4.04. The van der Waals surface area contributed by atoms with E-state index in [9.17, 15) is 40.8 Å². The SMILES string of the molecule is CC(=O)Nc1ccc(S(=O)(=O)N[C@@]2(C(F)(F)F)C(=O)Nc3c2c(=O)[nH]c(=O)n3C)cc1. The zero-order valence-corrected chi connectivity index (χ0v) is 16.6. The maximum atomic E-state index is 14.1. The summed E-state index contributed by atoms with van der Waals surface area (Å²) in [6.07, 6.45) is -5.60. The molecule has 0 fully saturated rings. The molecule has 0 unspecified atom stereocenters. The van der Waals surface area contributed by atoms with Gasteiger partial charge in [-0.1, -0.05) is 0 Å². The average molecular weight is 461 g/mol. The fourth-order valence-electron chi connectivity index (χ4n) is 3.04. The molecule has 3 rings (SSSR count). The number of nitrogens with zero attached hydrogens (tertiary/aromatic N) is 1. The van der Waals surface area contributed by atoms with Gasteiger partial charge in [-0.2, -0.15) is 17.9 Å². The van der Waals surface area contributed by atoms with E-state index in [1.807, 2.05) is 0 Å². The number of H-pyrrole nitrogens is 1. The van der Waals surface area contributed by atoms with Crippen LogP contribution in [0.25, 0.3) is 0 Å². The van der Waals surface area contributed by atoms with Crippen molar-refractivity contribution in [3.05, 3.63) is 50.7 Å². The Hall–Kier alpha value is -3.46. The standard InChI is InChI=1S/C16H14F3N5O6S/c1-7(25)20-8-3-5-9(6-4-8)31(29,30)23-15(16(17,18)19)10-11(21-13(15)27)24(2)14(28)22-12(10)26/h3-6,23H,1-2H3,(H,20,25)(H,21,27)(H,22,26,28)/t15-/m1/s1. The number of fused-ring (bicyclic) bond motifs is 1. The van der Waals surface area contributed by atoms with E-state index in [1.54, 1.807) is 10.3 Å². The lowest BCUT2D eigenvalue weighted by molar-refractivity contribution is -0.194. The molecule has 1 aliphatic rings. The summed E-state index contributed by atoms with van der Waals surface area (Å²) in [5.41, 5.74) is -7.83. The van der Waals surface area contributed by atoms with Gasteiger partial charge in [-0.3, -0.25) is 23.9 Å². The third kappa shape index (κ3) is 3.50. The molecule has 2 amide bonds. The molecular weight excluding hydrogens is 447 g/mol. The first-order valence-electron chi connectivity index (χ1n) is 8.34. The normalized spacial score (nSPS) is 18.4. The van der Waals surface area contributed by atoms with Gasteiger partial charge < -0.3 is 10.6 Å². The van der Waals surface area contributed by atoms with E-state index in [4.69, 9.17) is 0 Å². The van der Waals surface area contributed by atoms with Gasteiger partial charge in [0.25, 0.3) is 11.5 Å². The number of alkyl halides is 3. The van der Waals surface area contributed by atoms with E-state index in [0.29, 0.717) is 4.57 Å². The first-order chi connectivity index (χ1) is 14.2. The summed E-state index contributed by atoms with van der Waals surface area (Å²) in [5, 5.41) is 4.11. The van der Waals surface area contributed by atoms with E-state index >= 15 is 0 Å². The lowest BCUT2D eigenvalue weighted by Gasteiger charge is -2.29. The quantitative estimate of drug-likeness (QED) is 0.490. The van der Waals surface area contributed by atoms with Crippen molar-refractivity contribution in [1.29, 1.82) is 0 Å². The minimum absolute atomic E-state index is 0.174. The number of carbonyl (C=O) groups is 2. The van der Waals surface area contributed by atoms with E-state index in [1.165, 1.54) is 11.6 Å². The van der Waals surface area contributed by atoms with Gasteiger partial charge in [0.15, 0.2) is 0 Å². The number of sulfonamides is 1. The van der Waals surface area contributed by atoms with Gasteiger partial charge in [0.1, 0.15) is 5.82 Å². The van der Waals surface area contributed by atoms with Crippen molar-refractivity contribution in [2.75, 3.05) is 10.6 Å². The largest absolute Gasteiger partial charge is 0.421 e. The molecular formula is C16H14F3N5O6S. The first kappa shape index (κ1) is 22.2. The number of aromatic amines is 1. The van der Waals surface area contributed by atoms with Crippen molar-refractivity contribution in [1.82, 2.24) is 14.3 Å². The summed E-state index contributed by atoms with van der Waals surface area (Å²) in [4.78, 5) is 48.3. The molecule has 0 saturated carbocycles. The number of amides is 2. The fourth-order valence-corrected chi connectivity index (χ4v) is 4.36. The zero-order valence-electron chi connectivity index (χ0n) is 15.7. The molecule has 1 atom stereocenters. The molecule has 0 saturated heterocycles. The minimum Gasteiger partial charge on any atom is -0.326 e. The Morgan fingerprint density at radius 3 is 2.23 bits per heavy atom. The summed E-state index contributed by atoms with van der Waals surface area (Å²) < 4.78 is 69.7. The predicted molar refractivity (Wildman–Crippen MR) is 99.7 cm³/mol. The minimum atomic E-state index is -5.60. The Kier molecular flexibility index (Phi) is 5.06. The second-order valence-corrected chi connectivity index (χ2v) is 8.24. The number of nitrogens with one attached hydrogen (secondary N) is 4. The maximum absolute atomic E-state index is 14.1. The number of halogens is 3. The van der Waals surface area contributed by atoms with Crippen LogP contribution >= 0.6 is 0 Å². The highest BCUT2D eigenvalue weighted by atomic mass is 32.2. The van der Waals surface area contributed by atoms with E-state index in [2.05, 4.69) is 5.32 Å². The predicted octanol–water partition coefficient (Wildman–Crippen LogP) is -0.280. The van der Waals surface area contributed by atoms with Crippen molar-refractivity contribution in [3.8, 4) is 0 Å². The van der Waals surface area contributed by atoms with Crippen LogP contribution in [0.2, 0.25) is 0 Å². The highest BCUT2D eigenvalue weighted by molar-refractivity contribution is 7.89. The third-order valence-corrected chi connectivity index (χ3v) is 5.94. The molecule has 0 spiro atoms. The average Bonchev–Trinajstić information content (AvgIpc) is 2.93. The number of hydrogen-bond donors (Lipinski definition) is 4. The molecule has 2 aromatic rings. The molecule has 2 heterocycles. The Bertz CT molecular complexity index is 1310. The van der Waals surface area contributed by atoms with Crippen molar-refractivity contribution in [2.45, 2.75) is 23.5 Å². The number of benzene rings is 1. The second-order valence-electron chi connectivity index (χ2n) is 6.55. The summed E-state index contributed by atoms with van der Waals surface area (Å²) in [5.74, 6) is -3.16. The van der Waals surface area contributed by atoms with Crippen molar-refractivity contribution < 1.29 is 31.2 Å². The van der Waals surface area contributed by atoms with Crippen LogP contribution in [0, 0.1) is 0 Å². The van der Waals surface area contributed by atoms with Crippen LogP contribution in [0.3, 0.4) is 0 Å². The molecule has 0 bridgehead atoms.